The molecular weight excluding hydrogens is 151 g/mol. The lowest BCUT2D eigenvalue weighted by molar-refractivity contribution is -0.198. The first kappa shape index (κ1) is 10.2. The average molecular weight is 165 g/mol. The molecule has 0 aliphatic carbocycles. The van der Waals surface area contributed by atoms with Crippen molar-refractivity contribution in [3.8, 4) is 0 Å². The Morgan fingerprint density at radius 2 is 2.10 bits per heavy atom. The molecule has 1 atom stereocenters. The second kappa shape index (κ2) is 4.89. The van der Waals surface area contributed by atoms with Crippen LogP contribution in [0.1, 0.15) is 26.7 Å². The van der Waals surface area contributed by atoms with E-state index in [1.54, 1.807) is 6.92 Å². The third kappa shape index (κ3) is 4.98. The van der Waals surface area contributed by atoms with Gasteiger partial charge in [0, 0.05) is 6.16 Å². The molecule has 1 unspecified atom stereocenters. The fourth-order valence-electron chi connectivity index (χ4n) is 0.439. The zero-order valence-corrected chi connectivity index (χ0v) is 7.39. The van der Waals surface area contributed by atoms with E-state index in [9.17, 15) is 9.46 Å². The summed E-state index contributed by atoms with van der Waals surface area (Å²) in [4.78, 5) is 10.7. The van der Waals surface area contributed by atoms with Crippen molar-refractivity contribution in [1.29, 1.82) is 0 Å². The second-order valence-corrected chi connectivity index (χ2v) is 4.23. The molecule has 0 rings (SSSR count). The molecule has 3 nitrogen and oxygen atoms in total. The summed E-state index contributed by atoms with van der Waals surface area (Å²) < 4.78 is 15.3. The predicted octanol–water partition coefficient (Wildman–Crippen LogP) is 1.38. The lowest BCUT2D eigenvalue weighted by Crippen LogP contribution is -2.07. The van der Waals surface area contributed by atoms with Crippen LogP contribution in [0.3, 0.4) is 0 Å². The summed E-state index contributed by atoms with van der Waals surface area (Å²) in [5.41, 5.74) is 0. The number of rotatable bonds is 5. The molecule has 0 fully saturated rings. The fourth-order valence-corrected chi connectivity index (χ4v) is 1.03. The summed E-state index contributed by atoms with van der Waals surface area (Å²) in [7, 11) is -3.45. The van der Waals surface area contributed by atoms with Crippen LogP contribution in [0.2, 0.25) is 0 Å². The van der Waals surface area contributed by atoms with Crippen molar-refractivity contribution < 1.29 is 14.0 Å². The van der Waals surface area contributed by atoms with Crippen molar-refractivity contribution in [2.75, 3.05) is 12.8 Å². The molecule has 0 aliphatic rings. The standard InChI is InChI=1S/C6H15O3P/c1-3-5-6-9-10(7,8)4-2/h3-6H2,1-2H3,(H,7,8)/p-1. The topological polar surface area (TPSA) is 49.4 Å². The molecule has 10 heavy (non-hydrogen) atoms. The molecule has 0 heterocycles. The normalized spacial score (nSPS) is 16.7. The summed E-state index contributed by atoms with van der Waals surface area (Å²) >= 11 is 0. The maximum atomic E-state index is 10.7. The van der Waals surface area contributed by atoms with Crippen LogP contribution in [0.15, 0.2) is 0 Å². The molecule has 62 valence electrons. The number of unbranched alkanes of at least 4 members (excludes halogenated alkanes) is 1. The van der Waals surface area contributed by atoms with Crippen molar-refractivity contribution >= 4 is 7.60 Å². The van der Waals surface area contributed by atoms with Gasteiger partial charge in [0.2, 0.25) is 0 Å². The zero-order chi connectivity index (χ0) is 8.04. The van der Waals surface area contributed by atoms with E-state index in [-0.39, 0.29) is 6.16 Å². The summed E-state index contributed by atoms with van der Waals surface area (Å²) in [5, 5.41) is 0. The molecule has 0 aromatic heterocycles. The monoisotopic (exact) mass is 165 g/mol. The summed E-state index contributed by atoms with van der Waals surface area (Å²) in [5.74, 6) is 0. The summed E-state index contributed by atoms with van der Waals surface area (Å²) in [6.07, 6.45) is 1.87. The Kier molecular flexibility index (Phi) is 4.96. The molecule has 0 saturated heterocycles. The van der Waals surface area contributed by atoms with Crippen LogP contribution in [-0.4, -0.2) is 12.8 Å². The van der Waals surface area contributed by atoms with Gasteiger partial charge >= 0.3 is 0 Å². The van der Waals surface area contributed by atoms with Crippen LogP contribution in [0.5, 0.6) is 0 Å². The van der Waals surface area contributed by atoms with Crippen LogP contribution in [-0.2, 0) is 9.09 Å². The van der Waals surface area contributed by atoms with Crippen molar-refractivity contribution in [1.82, 2.24) is 0 Å². The first-order valence-corrected chi connectivity index (χ1v) is 5.29. The van der Waals surface area contributed by atoms with Crippen molar-refractivity contribution in [3.05, 3.63) is 0 Å². The zero-order valence-electron chi connectivity index (χ0n) is 6.50. The highest BCUT2D eigenvalue weighted by Crippen LogP contribution is 2.35. The number of hydrogen-bond donors (Lipinski definition) is 0. The Morgan fingerprint density at radius 1 is 1.50 bits per heavy atom. The highest BCUT2D eigenvalue weighted by atomic mass is 31.2. The first-order chi connectivity index (χ1) is 4.62. The molecule has 0 spiro atoms. The van der Waals surface area contributed by atoms with E-state index in [4.69, 9.17) is 0 Å². The lowest BCUT2D eigenvalue weighted by Gasteiger charge is -2.20. The van der Waals surface area contributed by atoms with Crippen LogP contribution in [0, 0.1) is 0 Å². The number of hydrogen-bond acceptors (Lipinski definition) is 3. The smallest absolute Gasteiger partial charge is 0.134 e. The lowest BCUT2D eigenvalue weighted by atomic mass is 10.4. The first-order valence-electron chi connectivity index (χ1n) is 3.57. The molecule has 0 saturated carbocycles. The highest BCUT2D eigenvalue weighted by Gasteiger charge is 2.02. The maximum Gasteiger partial charge on any atom is 0.134 e. The Labute approximate surface area is 61.9 Å². The second-order valence-electron chi connectivity index (χ2n) is 2.11. The Hall–Kier alpha value is 0.150. The molecule has 0 aliphatic heterocycles. The quantitative estimate of drug-likeness (QED) is 0.456. The third-order valence-electron chi connectivity index (χ3n) is 1.17. The molecule has 0 aromatic carbocycles. The summed E-state index contributed by atoms with van der Waals surface area (Å²) in [6, 6.07) is 0. The Bertz CT molecular complexity index is 124. The van der Waals surface area contributed by atoms with Gasteiger partial charge in [0.25, 0.3) is 0 Å². The van der Waals surface area contributed by atoms with Gasteiger partial charge in [-0.1, -0.05) is 20.3 Å². The minimum Gasteiger partial charge on any atom is -0.779 e. The largest absolute Gasteiger partial charge is 0.779 e. The minimum absolute atomic E-state index is 0.0940. The van der Waals surface area contributed by atoms with Crippen LogP contribution >= 0.6 is 7.60 Å². The van der Waals surface area contributed by atoms with Gasteiger partial charge in [0.15, 0.2) is 0 Å². The third-order valence-corrected chi connectivity index (χ3v) is 2.52. The summed E-state index contributed by atoms with van der Waals surface area (Å²) in [6.45, 7) is 3.91. The van der Waals surface area contributed by atoms with Crippen LogP contribution in [0.4, 0.5) is 0 Å². The van der Waals surface area contributed by atoms with Gasteiger partial charge in [0.1, 0.15) is 7.60 Å². The van der Waals surface area contributed by atoms with Gasteiger partial charge < -0.3 is 14.0 Å². The molecule has 0 N–H and O–H groups in total. The van der Waals surface area contributed by atoms with E-state index in [0.29, 0.717) is 6.61 Å². The van der Waals surface area contributed by atoms with Gasteiger partial charge in [-0.2, -0.15) is 0 Å². The molecule has 0 amide bonds. The van der Waals surface area contributed by atoms with E-state index in [0.717, 1.165) is 12.8 Å². The average Bonchev–Trinajstić information content (AvgIpc) is 1.89. The fraction of sp³-hybridized carbons (Fsp3) is 1.00. The van der Waals surface area contributed by atoms with Crippen molar-refractivity contribution in [2.24, 2.45) is 0 Å². The van der Waals surface area contributed by atoms with Crippen molar-refractivity contribution in [3.63, 3.8) is 0 Å². The van der Waals surface area contributed by atoms with E-state index in [1.807, 2.05) is 6.92 Å². The van der Waals surface area contributed by atoms with E-state index < -0.39 is 7.60 Å². The van der Waals surface area contributed by atoms with E-state index in [1.165, 1.54) is 0 Å². The Morgan fingerprint density at radius 3 is 2.50 bits per heavy atom. The van der Waals surface area contributed by atoms with E-state index in [2.05, 4.69) is 4.52 Å². The van der Waals surface area contributed by atoms with Gasteiger partial charge in [-0.25, -0.2) is 0 Å². The van der Waals surface area contributed by atoms with Crippen molar-refractivity contribution in [2.45, 2.75) is 26.7 Å². The van der Waals surface area contributed by atoms with Gasteiger partial charge in [0.05, 0.1) is 6.61 Å². The Balaban J connectivity index is 3.38. The maximum absolute atomic E-state index is 10.7. The molecule has 0 bridgehead atoms. The van der Waals surface area contributed by atoms with Gasteiger partial charge in [-0.3, -0.25) is 0 Å². The molecular formula is C6H14O3P-. The minimum atomic E-state index is -3.45. The van der Waals surface area contributed by atoms with Gasteiger partial charge in [-0.15, -0.1) is 0 Å². The van der Waals surface area contributed by atoms with Crippen LogP contribution in [0.25, 0.3) is 0 Å². The van der Waals surface area contributed by atoms with E-state index >= 15 is 0 Å². The SMILES string of the molecule is CCCCOP(=O)([O-])CC. The predicted molar refractivity (Wildman–Crippen MR) is 39.0 cm³/mol. The molecule has 0 aromatic rings. The molecule has 0 radical (unpaired) electrons. The molecule has 4 heteroatoms. The van der Waals surface area contributed by atoms with Gasteiger partial charge in [-0.05, 0) is 6.42 Å². The van der Waals surface area contributed by atoms with Crippen LogP contribution < -0.4 is 4.89 Å². The highest BCUT2D eigenvalue weighted by molar-refractivity contribution is 7.51.